The zero-order chi connectivity index (χ0) is 21.3. The summed E-state index contributed by atoms with van der Waals surface area (Å²) in [6, 6.07) is 12.7. The summed E-state index contributed by atoms with van der Waals surface area (Å²) in [4.78, 5) is 18.4. The highest BCUT2D eigenvalue weighted by atomic mass is 19.4. The van der Waals surface area contributed by atoms with Crippen molar-refractivity contribution in [3.05, 3.63) is 88.7 Å². The van der Waals surface area contributed by atoms with Crippen LogP contribution in [0.4, 0.5) is 24.5 Å². The summed E-state index contributed by atoms with van der Waals surface area (Å²) >= 11 is 0. The number of esters is 1. The van der Waals surface area contributed by atoms with E-state index in [9.17, 15) is 18.0 Å². The summed E-state index contributed by atoms with van der Waals surface area (Å²) in [6.07, 6.45) is 0.0417. The standard InChI is InChI=1S/C23H19F3N2O2/c1-30-22(29)20-6-3-7-21-19(20)8-9-28(21)18-12-16(13-27-14-18)10-15-4-2-5-17(11-15)23(24,25)26/h2-7,11-14H,8-10H2,1H3. The first-order chi connectivity index (χ1) is 14.4. The second-order valence-corrected chi connectivity index (χ2v) is 7.12. The maximum absolute atomic E-state index is 13.0. The molecule has 154 valence electrons. The molecular formula is C23H19F3N2O2. The van der Waals surface area contributed by atoms with Crippen LogP contribution >= 0.6 is 0 Å². The first-order valence-electron chi connectivity index (χ1n) is 9.44. The van der Waals surface area contributed by atoms with Crippen molar-refractivity contribution >= 4 is 17.3 Å². The van der Waals surface area contributed by atoms with Crippen LogP contribution in [0.25, 0.3) is 0 Å². The van der Waals surface area contributed by atoms with Crippen molar-refractivity contribution < 1.29 is 22.7 Å². The van der Waals surface area contributed by atoms with E-state index in [2.05, 4.69) is 9.88 Å². The summed E-state index contributed by atoms with van der Waals surface area (Å²) in [5.41, 5.74) is 3.94. The van der Waals surface area contributed by atoms with Crippen LogP contribution in [0.15, 0.2) is 60.9 Å². The van der Waals surface area contributed by atoms with E-state index >= 15 is 0 Å². The predicted octanol–water partition coefficient (Wildman–Crippen LogP) is 5.17. The van der Waals surface area contributed by atoms with Gasteiger partial charge in [-0.15, -0.1) is 0 Å². The lowest BCUT2D eigenvalue weighted by molar-refractivity contribution is -0.137. The fourth-order valence-corrected chi connectivity index (χ4v) is 3.82. The zero-order valence-corrected chi connectivity index (χ0v) is 16.2. The Bertz CT molecular complexity index is 1100. The van der Waals surface area contributed by atoms with E-state index in [1.165, 1.54) is 19.2 Å². The highest BCUT2D eigenvalue weighted by Crippen LogP contribution is 2.37. The Morgan fingerprint density at radius 1 is 1.10 bits per heavy atom. The summed E-state index contributed by atoms with van der Waals surface area (Å²) < 4.78 is 43.8. The van der Waals surface area contributed by atoms with E-state index in [0.717, 1.165) is 28.6 Å². The summed E-state index contributed by atoms with van der Waals surface area (Å²) in [6.45, 7) is 0.679. The highest BCUT2D eigenvalue weighted by molar-refractivity contribution is 5.94. The molecule has 4 nitrogen and oxygen atoms in total. The zero-order valence-electron chi connectivity index (χ0n) is 16.2. The normalized spacial score (nSPS) is 13.3. The number of aromatic nitrogens is 1. The molecule has 0 amide bonds. The molecule has 7 heteroatoms. The number of rotatable bonds is 4. The quantitative estimate of drug-likeness (QED) is 0.555. The molecule has 0 spiro atoms. The van der Waals surface area contributed by atoms with Crippen molar-refractivity contribution in [1.29, 1.82) is 0 Å². The molecular weight excluding hydrogens is 393 g/mol. The topological polar surface area (TPSA) is 42.4 Å². The van der Waals surface area contributed by atoms with Crippen molar-refractivity contribution in [3.8, 4) is 0 Å². The van der Waals surface area contributed by atoms with E-state index in [-0.39, 0.29) is 5.97 Å². The molecule has 0 fully saturated rings. The van der Waals surface area contributed by atoms with Crippen molar-refractivity contribution in [3.63, 3.8) is 0 Å². The summed E-state index contributed by atoms with van der Waals surface area (Å²) in [5.74, 6) is -0.370. The molecule has 4 rings (SSSR count). The number of alkyl halides is 3. The number of pyridine rings is 1. The van der Waals surface area contributed by atoms with Crippen LogP contribution in [-0.2, 0) is 23.8 Å². The first-order valence-corrected chi connectivity index (χ1v) is 9.44. The summed E-state index contributed by atoms with van der Waals surface area (Å²) in [5, 5.41) is 0. The maximum atomic E-state index is 13.0. The number of ether oxygens (including phenoxy) is 1. The first kappa shape index (κ1) is 19.9. The number of benzene rings is 2. The van der Waals surface area contributed by atoms with Crippen LogP contribution in [0.1, 0.15) is 32.6 Å². The Morgan fingerprint density at radius 2 is 1.90 bits per heavy atom. The van der Waals surface area contributed by atoms with Gasteiger partial charge in [-0.3, -0.25) is 4.98 Å². The van der Waals surface area contributed by atoms with Gasteiger partial charge in [0.15, 0.2) is 0 Å². The SMILES string of the molecule is COC(=O)c1cccc2c1CCN2c1cncc(Cc2cccc(C(F)(F)F)c2)c1. The minimum absolute atomic E-state index is 0.341. The molecule has 0 aliphatic carbocycles. The molecule has 1 aromatic heterocycles. The molecule has 2 aromatic carbocycles. The van der Waals surface area contributed by atoms with Crippen molar-refractivity contribution in [2.45, 2.75) is 19.0 Å². The minimum Gasteiger partial charge on any atom is -0.465 e. The highest BCUT2D eigenvalue weighted by Gasteiger charge is 2.30. The van der Waals surface area contributed by atoms with Gasteiger partial charge in [0.1, 0.15) is 0 Å². The number of fused-ring (bicyclic) bond motifs is 1. The second kappa shape index (κ2) is 7.82. The third kappa shape index (κ3) is 3.87. The van der Waals surface area contributed by atoms with E-state index in [1.54, 1.807) is 24.5 Å². The van der Waals surface area contributed by atoms with Gasteiger partial charge >= 0.3 is 12.1 Å². The Kier molecular flexibility index (Phi) is 5.20. The molecule has 30 heavy (non-hydrogen) atoms. The molecule has 0 saturated heterocycles. The Hall–Kier alpha value is -3.35. The van der Waals surface area contributed by atoms with Crippen LogP contribution in [0.3, 0.4) is 0 Å². The molecule has 0 unspecified atom stereocenters. The molecule has 0 radical (unpaired) electrons. The number of nitrogens with zero attached hydrogens (tertiary/aromatic N) is 2. The molecule has 3 aromatic rings. The van der Waals surface area contributed by atoms with Crippen molar-refractivity contribution in [2.75, 3.05) is 18.6 Å². The Balaban J connectivity index is 1.61. The van der Waals surface area contributed by atoms with Crippen molar-refractivity contribution in [2.24, 2.45) is 0 Å². The second-order valence-electron chi connectivity index (χ2n) is 7.12. The Morgan fingerprint density at radius 3 is 2.67 bits per heavy atom. The van der Waals surface area contributed by atoms with Crippen LogP contribution in [0.5, 0.6) is 0 Å². The molecule has 0 saturated carbocycles. The van der Waals surface area contributed by atoms with Crippen LogP contribution < -0.4 is 4.90 Å². The van der Waals surface area contributed by atoms with Gasteiger partial charge in [-0.25, -0.2) is 4.79 Å². The Labute approximate surface area is 171 Å². The van der Waals surface area contributed by atoms with E-state index in [0.29, 0.717) is 30.5 Å². The lowest BCUT2D eigenvalue weighted by atomic mass is 10.0. The molecule has 1 aliphatic rings. The monoisotopic (exact) mass is 412 g/mol. The number of halogens is 3. The van der Waals surface area contributed by atoms with Crippen molar-refractivity contribution in [1.82, 2.24) is 4.98 Å². The fourth-order valence-electron chi connectivity index (χ4n) is 3.82. The van der Waals surface area contributed by atoms with Crippen LogP contribution in [0.2, 0.25) is 0 Å². The van der Waals surface area contributed by atoms with E-state index < -0.39 is 11.7 Å². The van der Waals surface area contributed by atoms with Gasteiger partial charge in [-0.1, -0.05) is 24.3 Å². The molecule has 0 atom stereocenters. The van der Waals surface area contributed by atoms with Gasteiger partial charge < -0.3 is 9.64 Å². The average molecular weight is 412 g/mol. The van der Waals surface area contributed by atoms with E-state index in [4.69, 9.17) is 4.74 Å². The van der Waals surface area contributed by atoms with Gasteiger partial charge in [0.25, 0.3) is 0 Å². The summed E-state index contributed by atoms with van der Waals surface area (Å²) in [7, 11) is 1.36. The smallest absolute Gasteiger partial charge is 0.416 e. The van der Waals surface area contributed by atoms with Gasteiger partial charge in [0.2, 0.25) is 0 Å². The molecule has 1 aliphatic heterocycles. The number of carbonyl (C=O) groups excluding carboxylic acids is 1. The largest absolute Gasteiger partial charge is 0.465 e. The minimum atomic E-state index is -4.37. The third-order valence-electron chi connectivity index (χ3n) is 5.19. The lowest BCUT2D eigenvalue weighted by Crippen LogP contribution is -2.14. The lowest BCUT2D eigenvalue weighted by Gasteiger charge is -2.20. The van der Waals surface area contributed by atoms with Gasteiger partial charge in [-0.05, 0) is 53.8 Å². The predicted molar refractivity (Wildman–Crippen MR) is 107 cm³/mol. The number of hydrogen-bond acceptors (Lipinski definition) is 4. The molecule has 0 bridgehead atoms. The number of methoxy groups -OCH3 is 1. The van der Waals surface area contributed by atoms with Gasteiger partial charge in [0.05, 0.1) is 30.1 Å². The average Bonchev–Trinajstić information content (AvgIpc) is 3.17. The van der Waals surface area contributed by atoms with Gasteiger partial charge in [-0.2, -0.15) is 13.2 Å². The molecule has 2 heterocycles. The fraction of sp³-hybridized carbons (Fsp3) is 0.217. The van der Waals surface area contributed by atoms with Crippen LogP contribution in [-0.4, -0.2) is 24.6 Å². The molecule has 0 N–H and O–H groups in total. The van der Waals surface area contributed by atoms with E-state index in [1.807, 2.05) is 18.2 Å². The number of carbonyl (C=O) groups is 1. The van der Waals surface area contributed by atoms with Crippen LogP contribution in [0, 0.1) is 0 Å². The third-order valence-corrected chi connectivity index (χ3v) is 5.19. The number of hydrogen-bond donors (Lipinski definition) is 0. The number of anilines is 2. The van der Waals surface area contributed by atoms with Gasteiger partial charge in [0, 0.05) is 18.4 Å². The maximum Gasteiger partial charge on any atom is 0.416 e.